The van der Waals surface area contributed by atoms with Crippen molar-refractivity contribution in [2.24, 2.45) is 5.10 Å². The third-order valence-electron chi connectivity index (χ3n) is 4.63. The maximum Gasteiger partial charge on any atom is 0.280 e. The molecule has 0 saturated carbocycles. The molecule has 29 heavy (non-hydrogen) atoms. The zero-order chi connectivity index (χ0) is 20.8. The van der Waals surface area contributed by atoms with E-state index in [4.69, 9.17) is 0 Å². The predicted molar refractivity (Wildman–Crippen MR) is 111 cm³/mol. The largest absolute Gasteiger partial charge is 0.506 e. The van der Waals surface area contributed by atoms with Crippen molar-refractivity contribution in [3.05, 3.63) is 75.8 Å². The molecule has 1 aromatic heterocycles. The molecule has 0 bridgehead atoms. The number of nitrogens with one attached hydrogen (secondary N) is 1. The fourth-order valence-electron chi connectivity index (χ4n) is 3.13. The van der Waals surface area contributed by atoms with Crippen molar-refractivity contribution in [3.63, 3.8) is 0 Å². The van der Waals surface area contributed by atoms with E-state index in [0.717, 1.165) is 25.5 Å². The number of para-hydroxylation sites is 1. The van der Waals surface area contributed by atoms with Crippen LogP contribution in [-0.4, -0.2) is 21.8 Å². The molecule has 7 heteroatoms. The third-order valence-corrected chi connectivity index (χ3v) is 4.63. The fraction of sp³-hybridized carbons (Fsp3) is 0.227. The Bertz CT molecular complexity index is 1120. The van der Waals surface area contributed by atoms with Gasteiger partial charge in [0.05, 0.1) is 11.7 Å². The molecule has 0 spiro atoms. The summed E-state index contributed by atoms with van der Waals surface area (Å²) in [6.45, 7) is 2.50. The van der Waals surface area contributed by atoms with E-state index in [1.165, 1.54) is 16.7 Å². The number of halogens is 1. The smallest absolute Gasteiger partial charge is 0.280 e. The summed E-state index contributed by atoms with van der Waals surface area (Å²) in [4.78, 5) is 25.6. The van der Waals surface area contributed by atoms with Crippen molar-refractivity contribution < 1.29 is 14.3 Å². The Morgan fingerprint density at radius 2 is 1.90 bits per heavy atom. The highest BCUT2D eigenvalue weighted by atomic mass is 19.1. The van der Waals surface area contributed by atoms with E-state index in [9.17, 15) is 19.1 Å². The van der Waals surface area contributed by atoms with Gasteiger partial charge in [-0.3, -0.25) is 9.59 Å². The number of rotatable bonds is 7. The van der Waals surface area contributed by atoms with Crippen molar-refractivity contribution in [1.29, 1.82) is 0 Å². The minimum absolute atomic E-state index is 0.188. The zero-order valence-corrected chi connectivity index (χ0v) is 16.1. The standard InChI is InChI=1S/C22H22FN3O3/c1-2-3-8-13-26-18-12-7-5-10-16(18)20(27)19(22(26)29)21(28)25-24-14-15-9-4-6-11-17(15)23/h4-7,9-12,14,27H,2-3,8,13H2,1H3,(H,25,28). The Morgan fingerprint density at radius 3 is 2.66 bits per heavy atom. The summed E-state index contributed by atoms with van der Waals surface area (Å²) in [5.41, 5.74) is 1.99. The number of benzene rings is 2. The van der Waals surface area contributed by atoms with Crippen LogP contribution in [-0.2, 0) is 6.54 Å². The second-order valence-electron chi connectivity index (χ2n) is 6.63. The number of aromatic hydroxyl groups is 1. The van der Waals surface area contributed by atoms with Crippen LogP contribution < -0.4 is 11.0 Å². The second kappa shape index (κ2) is 9.14. The summed E-state index contributed by atoms with van der Waals surface area (Å²) >= 11 is 0. The molecule has 150 valence electrons. The molecule has 0 aliphatic heterocycles. The normalized spacial score (nSPS) is 11.2. The predicted octanol–water partition coefficient (Wildman–Crippen LogP) is 3.80. The molecule has 1 heterocycles. The average Bonchev–Trinajstić information content (AvgIpc) is 2.72. The van der Waals surface area contributed by atoms with Crippen LogP contribution in [0.3, 0.4) is 0 Å². The fourth-order valence-corrected chi connectivity index (χ4v) is 3.13. The molecular weight excluding hydrogens is 373 g/mol. The number of aryl methyl sites for hydroxylation is 1. The monoisotopic (exact) mass is 395 g/mol. The summed E-state index contributed by atoms with van der Waals surface area (Å²) in [6, 6.07) is 12.8. The van der Waals surface area contributed by atoms with Crippen LogP contribution in [0.25, 0.3) is 10.9 Å². The van der Waals surface area contributed by atoms with Gasteiger partial charge in [0.25, 0.3) is 11.5 Å². The Kier molecular flexibility index (Phi) is 6.39. The van der Waals surface area contributed by atoms with E-state index in [1.807, 2.05) is 0 Å². The molecule has 2 N–H and O–H groups in total. The Morgan fingerprint density at radius 1 is 1.17 bits per heavy atom. The number of carbonyl (C=O) groups is 1. The number of fused-ring (bicyclic) bond motifs is 1. The maximum atomic E-state index is 13.6. The lowest BCUT2D eigenvalue weighted by Gasteiger charge is -2.14. The van der Waals surface area contributed by atoms with Gasteiger partial charge in [0, 0.05) is 17.5 Å². The Hall–Kier alpha value is -3.48. The summed E-state index contributed by atoms with van der Waals surface area (Å²) in [7, 11) is 0. The van der Waals surface area contributed by atoms with E-state index >= 15 is 0 Å². The van der Waals surface area contributed by atoms with Gasteiger partial charge in [0.1, 0.15) is 17.1 Å². The zero-order valence-electron chi connectivity index (χ0n) is 16.1. The summed E-state index contributed by atoms with van der Waals surface area (Å²) in [5.74, 6) is -1.73. The highest BCUT2D eigenvalue weighted by Crippen LogP contribution is 2.26. The third kappa shape index (κ3) is 4.34. The van der Waals surface area contributed by atoms with Crippen LogP contribution in [0, 0.1) is 5.82 Å². The van der Waals surface area contributed by atoms with Gasteiger partial charge in [-0.05, 0) is 24.6 Å². The van der Waals surface area contributed by atoms with Gasteiger partial charge in [-0.2, -0.15) is 5.10 Å². The van der Waals surface area contributed by atoms with Gasteiger partial charge in [-0.1, -0.05) is 50.1 Å². The number of pyridine rings is 1. The summed E-state index contributed by atoms with van der Waals surface area (Å²) in [5, 5.41) is 14.7. The van der Waals surface area contributed by atoms with Crippen LogP contribution in [0.2, 0.25) is 0 Å². The average molecular weight is 395 g/mol. The van der Waals surface area contributed by atoms with Crippen LogP contribution >= 0.6 is 0 Å². The van der Waals surface area contributed by atoms with Crippen molar-refractivity contribution in [1.82, 2.24) is 9.99 Å². The molecule has 0 aliphatic rings. The van der Waals surface area contributed by atoms with E-state index in [-0.39, 0.29) is 11.1 Å². The van der Waals surface area contributed by atoms with E-state index in [1.54, 1.807) is 36.4 Å². The molecule has 0 fully saturated rings. The second-order valence-corrected chi connectivity index (χ2v) is 6.63. The van der Waals surface area contributed by atoms with Gasteiger partial charge in [0.2, 0.25) is 0 Å². The highest BCUT2D eigenvalue weighted by molar-refractivity contribution is 6.02. The molecule has 0 radical (unpaired) electrons. The number of nitrogens with zero attached hydrogens (tertiary/aromatic N) is 2. The van der Waals surface area contributed by atoms with E-state index in [0.29, 0.717) is 17.4 Å². The topological polar surface area (TPSA) is 83.7 Å². The lowest BCUT2D eigenvalue weighted by molar-refractivity contribution is 0.0950. The summed E-state index contributed by atoms with van der Waals surface area (Å²) in [6.07, 6.45) is 3.85. The molecule has 0 unspecified atom stereocenters. The number of unbranched alkanes of at least 4 members (excludes halogenated alkanes) is 2. The number of amides is 1. The quantitative estimate of drug-likeness (QED) is 0.363. The van der Waals surface area contributed by atoms with Crippen molar-refractivity contribution in [3.8, 4) is 5.75 Å². The van der Waals surface area contributed by atoms with Crippen LogP contribution in [0.15, 0.2) is 58.4 Å². The number of aromatic nitrogens is 1. The first-order chi connectivity index (χ1) is 14.0. The molecule has 0 aliphatic carbocycles. The minimum Gasteiger partial charge on any atom is -0.506 e. The van der Waals surface area contributed by atoms with Crippen molar-refractivity contribution in [2.45, 2.75) is 32.7 Å². The lowest BCUT2D eigenvalue weighted by Crippen LogP contribution is -2.31. The van der Waals surface area contributed by atoms with Crippen LogP contribution in [0.1, 0.15) is 42.1 Å². The lowest BCUT2D eigenvalue weighted by atomic mass is 10.1. The first-order valence-electron chi connectivity index (χ1n) is 9.47. The summed E-state index contributed by atoms with van der Waals surface area (Å²) < 4.78 is 15.1. The number of hydrogen-bond acceptors (Lipinski definition) is 4. The van der Waals surface area contributed by atoms with Crippen molar-refractivity contribution >= 4 is 23.0 Å². The first-order valence-corrected chi connectivity index (χ1v) is 9.47. The van der Waals surface area contributed by atoms with Crippen LogP contribution in [0.5, 0.6) is 5.75 Å². The molecule has 0 atom stereocenters. The highest BCUT2D eigenvalue weighted by Gasteiger charge is 2.21. The van der Waals surface area contributed by atoms with Crippen LogP contribution in [0.4, 0.5) is 4.39 Å². The molecule has 2 aromatic carbocycles. The molecule has 6 nitrogen and oxygen atoms in total. The molecule has 3 aromatic rings. The van der Waals surface area contributed by atoms with E-state index in [2.05, 4.69) is 17.5 Å². The Labute approximate surface area is 167 Å². The van der Waals surface area contributed by atoms with Crippen molar-refractivity contribution in [2.75, 3.05) is 0 Å². The SMILES string of the molecule is CCCCCn1c(=O)c(C(=O)NN=Cc2ccccc2F)c(O)c2ccccc21. The molecule has 0 saturated heterocycles. The van der Waals surface area contributed by atoms with Gasteiger partial charge in [0.15, 0.2) is 0 Å². The number of carbonyl (C=O) groups excluding carboxylic acids is 1. The molecule has 3 rings (SSSR count). The Balaban J connectivity index is 1.96. The number of hydrazone groups is 1. The first kappa shape index (κ1) is 20.3. The van der Waals surface area contributed by atoms with Gasteiger partial charge in [-0.15, -0.1) is 0 Å². The van der Waals surface area contributed by atoms with Gasteiger partial charge in [-0.25, -0.2) is 9.82 Å². The molecular formula is C22H22FN3O3. The molecule has 1 amide bonds. The number of hydrogen-bond donors (Lipinski definition) is 2. The maximum absolute atomic E-state index is 13.6. The van der Waals surface area contributed by atoms with E-state index < -0.39 is 23.0 Å². The van der Waals surface area contributed by atoms with Gasteiger partial charge < -0.3 is 9.67 Å². The van der Waals surface area contributed by atoms with Gasteiger partial charge >= 0.3 is 0 Å². The minimum atomic E-state index is -0.852.